The van der Waals surface area contributed by atoms with Crippen molar-refractivity contribution in [1.82, 2.24) is 24.8 Å². The number of aryl methyl sites for hydroxylation is 2. The lowest BCUT2D eigenvalue weighted by Crippen LogP contribution is -2.61. The highest BCUT2D eigenvalue weighted by Crippen LogP contribution is 2.27. The summed E-state index contributed by atoms with van der Waals surface area (Å²) in [6.45, 7) is -0.742. The number of carbonyl (C=O) groups is 5. The Hall–Kier alpha value is -5.40. The summed E-state index contributed by atoms with van der Waals surface area (Å²) in [5.41, 5.74) is 2.05. The number of carbonyl (C=O) groups excluding carboxylic acids is 3. The van der Waals surface area contributed by atoms with E-state index >= 15 is 0 Å². The Bertz CT molecular complexity index is 1590. The molecule has 2 aromatic carbocycles. The third-order valence-corrected chi connectivity index (χ3v) is 7.22. The number of carboxylic acids is 2. The topological polar surface area (TPSA) is 183 Å². The molecule has 13 nitrogen and oxygen atoms in total. The molecule has 1 unspecified atom stereocenters. The van der Waals surface area contributed by atoms with Gasteiger partial charge in [-0.2, -0.15) is 0 Å². The van der Waals surface area contributed by atoms with Gasteiger partial charge in [0.2, 0.25) is 0 Å². The molecule has 45 heavy (non-hydrogen) atoms. The lowest BCUT2D eigenvalue weighted by Gasteiger charge is -2.37. The molecule has 2 heterocycles. The molecule has 1 fully saturated rings. The van der Waals surface area contributed by atoms with E-state index in [1.165, 1.54) is 0 Å². The van der Waals surface area contributed by atoms with Crippen molar-refractivity contribution in [2.45, 2.75) is 57.5 Å². The molecule has 3 aromatic rings. The fraction of sp³-hybridized carbons (Fsp3) is 0.323. The maximum Gasteiger partial charge on any atom is 0.335 e. The number of hydrogen-bond donors (Lipinski definition) is 3. The number of carboxylic acid groups (broad SMARTS) is 2. The Balaban J connectivity index is 1.52. The minimum absolute atomic E-state index is 0.135. The van der Waals surface area contributed by atoms with Crippen molar-refractivity contribution in [1.29, 1.82) is 0 Å². The first kappa shape index (κ1) is 32.5. The Kier molecular flexibility index (Phi) is 10.7. The smallest absolute Gasteiger partial charge is 0.335 e. The van der Waals surface area contributed by atoms with Gasteiger partial charge in [0.05, 0.1) is 30.8 Å². The zero-order valence-corrected chi connectivity index (χ0v) is 24.2. The molecule has 3 N–H and O–H groups in total. The van der Waals surface area contributed by atoms with Crippen LogP contribution in [0.3, 0.4) is 0 Å². The van der Waals surface area contributed by atoms with E-state index < -0.39 is 66.7 Å². The van der Waals surface area contributed by atoms with E-state index in [2.05, 4.69) is 10.3 Å². The second kappa shape index (κ2) is 14.9. The van der Waals surface area contributed by atoms with Crippen LogP contribution in [0.1, 0.15) is 48.9 Å². The molecule has 4 rings (SSSR count). The number of alkyl halides is 1. The highest BCUT2D eigenvalue weighted by Gasteiger charge is 2.48. The number of hydrogen-bond acceptors (Lipinski definition) is 8. The van der Waals surface area contributed by atoms with Crippen LogP contribution in [0.15, 0.2) is 72.1 Å². The van der Waals surface area contributed by atoms with Crippen LogP contribution in [0.5, 0.6) is 0 Å². The summed E-state index contributed by atoms with van der Waals surface area (Å²) in [5, 5.41) is 37.9. The normalized spacial score (nSPS) is 15.4. The number of barbiturate groups is 1. The molecule has 1 aliphatic heterocycles. The Morgan fingerprint density at radius 3 is 2.20 bits per heavy atom. The van der Waals surface area contributed by atoms with E-state index in [-0.39, 0.29) is 13.0 Å². The quantitative estimate of drug-likeness (QED) is 0.129. The number of aliphatic hydroxyl groups excluding tert-OH is 1. The first-order chi connectivity index (χ1) is 21.6. The Morgan fingerprint density at radius 2 is 1.56 bits per heavy atom. The Morgan fingerprint density at radius 1 is 0.844 bits per heavy atom. The summed E-state index contributed by atoms with van der Waals surface area (Å²) in [7, 11) is 0. The molecule has 1 aliphatic rings. The molecular formula is C31H32FN5O8. The van der Waals surface area contributed by atoms with E-state index in [0.29, 0.717) is 46.7 Å². The maximum atomic E-state index is 13.4. The minimum atomic E-state index is -1.88. The third-order valence-electron chi connectivity index (χ3n) is 7.22. The number of amides is 4. The lowest BCUT2D eigenvalue weighted by atomic mass is 10.0. The van der Waals surface area contributed by atoms with Crippen LogP contribution in [0.25, 0.3) is 5.69 Å². The molecule has 1 aromatic heterocycles. The van der Waals surface area contributed by atoms with E-state index in [4.69, 9.17) is 5.11 Å². The number of benzene rings is 2. The summed E-state index contributed by atoms with van der Waals surface area (Å²) in [6.07, 6.45) is 1.92. The van der Waals surface area contributed by atoms with Crippen molar-refractivity contribution in [3.05, 3.63) is 88.9 Å². The monoisotopic (exact) mass is 621 g/mol. The number of allylic oxidation sites excluding steroid dienone is 1. The van der Waals surface area contributed by atoms with Gasteiger partial charge in [0.1, 0.15) is 17.4 Å². The molecule has 0 saturated carbocycles. The summed E-state index contributed by atoms with van der Waals surface area (Å²) in [4.78, 5) is 64.5. The summed E-state index contributed by atoms with van der Waals surface area (Å²) in [5.74, 6) is -5.94. The summed E-state index contributed by atoms with van der Waals surface area (Å²) >= 11 is 0. The number of urea groups is 1. The summed E-state index contributed by atoms with van der Waals surface area (Å²) in [6, 6.07) is 12.5. The van der Waals surface area contributed by atoms with Crippen molar-refractivity contribution in [3.8, 4) is 5.69 Å². The predicted molar refractivity (Wildman–Crippen MR) is 156 cm³/mol. The lowest BCUT2D eigenvalue weighted by molar-refractivity contribution is -0.151. The fourth-order valence-electron chi connectivity index (χ4n) is 4.89. The molecule has 0 spiro atoms. The molecule has 4 amide bonds. The van der Waals surface area contributed by atoms with Crippen LogP contribution in [0.4, 0.5) is 9.18 Å². The molecule has 0 bridgehead atoms. The highest BCUT2D eigenvalue weighted by molar-refractivity contribution is 6.29. The molecular weight excluding hydrogens is 589 g/mol. The van der Waals surface area contributed by atoms with E-state index in [9.17, 15) is 38.6 Å². The zero-order chi connectivity index (χ0) is 32.5. The van der Waals surface area contributed by atoms with Gasteiger partial charge >= 0.3 is 18.0 Å². The van der Waals surface area contributed by atoms with Gasteiger partial charge in [0, 0.05) is 12.8 Å². The molecule has 236 valence electrons. The van der Waals surface area contributed by atoms with Gasteiger partial charge < -0.3 is 15.3 Å². The highest BCUT2D eigenvalue weighted by atomic mass is 19.1. The number of imide groups is 2. The maximum absolute atomic E-state index is 13.4. The second-order valence-electron chi connectivity index (χ2n) is 10.4. The summed E-state index contributed by atoms with van der Waals surface area (Å²) < 4.78 is 14.0. The number of aliphatic carboxylic acids is 2. The number of nitrogens with zero attached hydrogens (tertiary/aromatic N) is 5. The minimum Gasteiger partial charge on any atom is -0.511 e. The Labute approximate surface area is 257 Å². The van der Waals surface area contributed by atoms with Crippen molar-refractivity contribution >= 4 is 29.8 Å². The number of aromatic nitrogens is 3. The average molecular weight is 622 g/mol. The average Bonchev–Trinajstić information content (AvgIpc) is 3.49. The van der Waals surface area contributed by atoms with Crippen LogP contribution in [0.2, 0.25) is 0 Å². The number of rotatable bonds is 15. The van der Waals surface area contributed by atoms with Crippen molar-refractivity contribution in [2.75, 3.05) is 6.67 Å². The van der Waals surface area contributed by atoms with Crippen LogP contribution in [-0.2, 0) is 38.6 Å². The van der Waals surface area contributed by atoms with E-state index in [1.54, 1.807) is 41.2 Å². The molecule has 0 radical (unpaired) electrons. The van der Waals surface area contributed by atoms with Gasteiger partial charge in [0.25, 0.3) is 11.8 Å². The van der Waals surface area contributed by atoms with Gasteiger partial charge in [0.15, 0.2) is 0 Å². The van der Waals surface area contributed by atoms with E-state index in [1.807, 2.05) is 24.3 Å². The van der Waals surface area contributed by atoms with Gasteiger partial charge in [-0.1, -0.05) is 47.7 Å². The van der Waals surface area contributed by atoms with Gasteiger partial charge in [-0.05, 0) is 55.4 Å². The zero-order valence-electron chi connectivity index (χ0n) is 24.2. The van der Waals surface area contributed by atoms with Crippen LogP contribution in [-0.4, -0.2) is 82.6 Å². The van der Waals surface area contributed by atoms with Gasteiger partial charge in [-0.25, -0.2) is 19.2 Å². The van der Waals surface area contributed by atoms with Crippen molar-refractivity contribution in [2.24, 2.45) is 0 Å². The predicted octanol–water partition coefficient (Wildman–Crippen LogP) is 3.61. The molecule has 1 atom stereocenters. The molecule has 14 heteroatoms. The van der Waals surface area contributed by atoms with E-state index in [0.717, 1.165) is 11.3 Å². The SMILES string of the molecule is O=C(O)CCC(C(=O)O)N1C(=O)C(=C(O)CCCc2ccc(-n3cc(CCCF)nn3)cc2)C(=O)N(Cc2ccccc2)C1=O. The van der Waals surface area contributed by atoms with Crippen molar-refractivity contribution in [3.63, 3.8) is 0 Å². The fourth-order valence-corrected chi connectivity index (χ4v) is 4.89. The van der Waals surface area contributed by atoms with Gasteiger partial charge in [-0.15, -0.1) is 5.10 Å². The number of aliphatic hydroxyl groups is 1. The van der Waals surface area contributed by atoms with Crippen molar-refractivity contribution < 1.29 is 43.7 Å². The molecule has 0 aliphatic carbocycles. The van der Waals surface area contributed by atoms with Gasteiger partial charge in [-0.3, -0.25) is 23.7 Å². The third kappa shape index (κ3) is 7.96. The largest absolute Gasteiger partial charge is 0.511 e. The first-order valence-electron chi connectivity index (χ1n) is 14.3. The van der Waals surface area contributed by atoms with Crippen LogP contribution < -0.4 is 0 Å². The second-order valence-corrected chi connectivity index (χ2v) is 10.4. The number of halogens is 1. The van der Waals surface area contributed by atoms with Crippen LogP contribution >= 0.6 is 0 Å². The van der Waals surface area contributed by atoms with Crippen LogP contribution in [0, 0.1) is 0 Å². The standard InChI is InChI=1S/C31H32FN5O8/c32-17-5-9-22-19-36(34-33-22)23-13-11-20(12-14-23)8-4-10-25(38)27-28(41)35(18-21-6-2-1-3-7-21)31(45)37(29(27)42)24(30(43)44)15-16-26(39)40/h1-3,6-7,11-14,19,24,38H,4-5,8-10,15-18H2,(H,39,40)(H,43,44). The molecule has 1 saturated heterocycles. The first-order valence-corrected chi connectivity index (χ1v) is 14.3.